The number of rotatable bonds is 7. The Labute approximate surface area is 88.9 Å². The smallest absolute Gasteiger partial charge is 0.104 e. The van der Waals surface area contributed by atoms with E-state index >= 15 is 0 Å². The molecule has 1 rings (SSSR count). The predicted molar refractivity (Wildman–Crippen MR) is 67.1 cm³/mol. The van der Waals surface area contributed by atoms with Crippen molar-refractivity contribution >= 4 is 6.71 Å². The molecule has 0 N–H and O–H groups in total. The normalized spacial score (nSPS) is 29.4. The maximum atomic E-state index is 3.83. The molecule has 14 heavy (non-hydrogen) atoms. The minimum atomic E-state index is 0.526. The molecule has 1 saturated carbocycles. The fourth-order valence-corrected chi connectivity index (χ4v) is 2.60. The zero-order valence-corrected chi connectivity index (χ0v) is 9.34. The lowest BCUT2D eigenvalue weighted by atomic mass is 9.40. The van der Waals surface area contributed by atoms with Gasteiger partial charge in [0, 0.05) is 0 Å². The van der Waals surface area contributed by atoms with Crippen LogP contribution in [0.25, 0.3) is 0 Å². The number of hydrogen-bond donors (Lipinski definition) is 0. The first-order chi connectivity index (χ1) is 6.68. The van der Waals surface area contributed by atoms with Crippen molar-refractivity contribution in [3.8, 4) is 0 Å². The molecule has 1 aliphatic carbocycles. The van der Waals surface area contributed by atoms with Gasteiger partial charge in [0.1, 0.15) is 0 Å². The molecule has 1 aliphatic rings. The molecule has 0 aromatic heterocycles. The maximum absolute atomic E-state index is 3.83. The van der Waals surface area contributed by atoms with E-state index in [1.807, 2.05) is 12.2 Å². The molecule has 0 heterocycles. The van der Waals surface area contributed by atoms with E-state index in [-0.39, 0.29) is 0 Å². The molecule has 0 aromatic rings. The summed E-state index contributed by atoms with van der Waals surface area (Å²) in [5.74, 6) is 0.858. The molecule has 0 saturated heterocycles. The molecule has 76 valence electrons. The van der Waals surface area contributed by atoms with Crippen LogP contribution in [0, 0.1) is 5.41 Å². The lowest BCUT2D eigenvalue weighted by Crippen LogP contribution is -2.13. The topological polar surface area (TPSA) is 0 Å². The van der Waals surface area contributed by atoms with Crippen molar-refractivity contribution in [3.05, 3.63) is 38.0 Å². The molecule has 0 radical (unpaired) electrons. The Balaban J connectivity index is 2.50. The second-order valence-corrected chi connectivity index (χ2v) is 4.77. The minimum Gasteiger partial charge on any atom is -0.104 e. The summed E-state index contributed by atoms with van der Waals surface area (Å²) in [6, 6.07) is 0. The van der Waals surface area contributed by atoms with E-state index < -0.39 is 0 Å². The first-order valence-electron chi connectivity index (χ1n) is 5.50. The molecule has 0 nitrogen and oxygen atoms in total. The van der Waals surface area contributed by atoms with Crippen LogP contribution in [0.15, 0.2) is 38.0 Å². The molecule has 2 unspecified atom stereocenters. The van der Waals surface area contributed by atoms with E-state index in [1.54, 1.807) is 0 Å². The first kappa shape index (κ1) is 11.4. The molecule has 0 bridgehead atoms. The summed E-state index contributed by atoms with van der Waals surface area (Å²) < 4.78 is 0. The number of hydrogen-bond acceptors (Lipinski definition) is 0. The third-order valence-electron chi connectivity index (χ3n) is 3.54. The predicted octanol–water partition coefficient (Wildman–Crippen LogP) is 4.21. The van der Waals surface area contributed by atoms with Crippen molar-refractivity contribution in [2.75, 3.05) is 0 Å². The van der Waals surface area contributed by atoms with Crippen LogP contribution < -0.4 is 0 Å². The fourth-order valence-electron chi connectivity index (χ4n) is 2.60. The average molecular weight is 188 g/mol. The Morgan fingerprint density at radius 1 is 1.21 bits per heavy atom. The van der Waals surface area contributed by atoms with Gasteiger partial charge in [-0.1, -0.05) is 50.0 Å². The van der Waals surface area contributed by atoms with E-state index in [0.717, 1.165) is 31.6 Å². The van der Waals surface area contributed by atoms with E-state index in [4.69, 9.17) is 0 Å². The van der Waals surface area contributed by atoms with Gasteiger partial charge in [-0.25, -0.2) is 0 Å². The molecule has 2 atom stereocenters. The first-order valence-corrected chi connectivity index (χ1v) is 5.50. The molecular weight excluding hydrogens is 167 g/mol. The highest BCUT2D eigenvalue weighted by Crippen LogP contribution is 2.62. The summed E-state index contributed by atoms with van der Waals surface area (Å²) in [7, 11) is 0. The number of allylic oxidation sites excluding steroid dienone is 3. The highest BCUT2D eigenvalue weighted by atomic mass is 14.5. The van der Waals surface area contributed by atoms with Crippen LogP contribution in [-0.2, 0) is 0 Å². The van der Waals surface area contributed by atoms with Gasteiger partial charge < -0.3 is 0 Å². The van der Waals surface area contributed by atoms with E-state index in [2.05, 4.69) is 32.7 Å². The lowest BCUT2D eigenvalue weighted by Gasteiger charge is -2.13. The highest BCUT2D eigenvalue weighted by Gasteiger charge is 2.52. The third kappa shape index (κ3) is 2.40. The van der Waals surface area contributed by atoms with Gasteiger partial charge in [-0.15, -0.1) is 19.7 Å². The van der Waals surface area contributed by atoms with Gasteiger partial charge in [-0.05, 0) is 11.8 Å². The second-order valence-electron chi connectivity index (χ2n) is 4.77. The summed E-state index contributed by atoms with van der Waals surface area (Å²) in [6.07, 6.45) is 10.9. The summed E-state index contributed by atoms with van der Waals surface area (Å²) in [6.45, 7) is 14.6. The van der Waals surface area contributed by atoms with Crippen LogP contribution in [0.2, 0.25) is 18.5 Å². The van der Waals surface area contributed by atoms with E-state index in [9.17, 15) is 0 Å². The summed E-state index contributed by atoms with van der Waals surface area (Å²) in [5, 5.41) is 0. The molecule has 0 aromatic carbocycles. The van der Waals surface area contributed by atoms with Gasteiger partial charge in [-0.3, -0.25) is 0 Å². The molecule has 0 spiro atoms. The monoisotopic (exact) mass is 188 g/mol. The third-order valence-corrected chi connectivity index (χ3v) is 3.54. The van der Waals surface area contributed by atoms with Crippen LogP contribution >= 0.6 is 0 Å². The quantitative estimate of drug-likeness (QED) is 0.414. The standard InChI is InChI=1S/C13H21B/c1-5-8-13(4)11-12(13)14(9-6-2)10-7-3/h5-7,12H,1-3,8-11H2,4H3. The highest BCUT2D eigenvalue weighted by molar-refractivity contribution is 6.62. The van der Waals surface area contributed by atoms with Gasteiger partial charge in [-0.2, -0.15) is 0 Å². The minimum absolute atomic E-state index is 0.526. The molecular formula is C13H21B. The summed E-state index contributed by atoms with van der Waals surface area (Å²) in [4.78, 5) is 0. The van der Waals surface area contributed by atoms with Gasteiger partial charge >= 0.3 is 0 Å². The van der Waals surface area contributed by atoms with Gasteiger partial charge in [0.2, 0.25) is 0 Å². The van der Waals surface area contributed by atoms with Crippen LogP contribution in [0.3, 0.4) is 0 Å². The van der Waals surface area contributed by atoms with E-state index in [1.165, 1.54) is 6.42 Å². The Hall–Kier alpha value is -0.715. The van der Waals surface area contributed by atoms with Crippen molar-refractivity contribution in [1.82, 2.24) is 0 Å². The average Bonchev–Trinajstić information content (AvgIpc) is 2.78. The van der Waals surface area contributed by atoms with Crippen LogP contribution in [0.4, 0.5) is 0 Å². The van der Waals surface area contributed by atoms with Crippen molar-refractivity contribution in [1.29, 1.82) is 0 Å². The van der Waals surface area contributed by atoms with Crippen LogP contribution in [0.5, 0.6) is 0 Å². The van der Waals surface area contributed by atoms with Gasteiger partial charge in [0.15, 0.2) is 6.71 Å². The Bertz CT molecular complexity index is 221. The largest absolute Gasteiger partial charge is 0.151 e. The van der Waals surface area contributed by atoms with E-state index in [0.29, 0.717) is 5.41 Å². The zero-order chi connectivity index (χ0) is 10.6. The van der Waals surface area contributed by atoms with Crippen LogP contribution in [0.1, 0.15) is 19.8 Å². The molecule has 1 heteroatoms. The SMILES string of the molecule is C=CCB(CC=C)C1CC1(C)CC=C. The van der Waals surface area contributed by atoms with Crippen molar-refractivity contribution in [2.24, 2.45) is 5.41 Å². The fraction of sp³-hybridized carbons (Fsp3) is 0.538. The van der Waals surface area contributed by atoms with Gasteiger partial charge in [0.05, 0.1) is 0 Å². The molecule has 0 aliphatic heterocycles. The molecule has 1 fully saturated rings. The van der Waals surface area contributed by atoms with Gasteiger partial charge in [0.25, 0.3) is 0 Å². The van der Waals surface area contributed by atoms with Crippen molar-refractivity contribution in [2.45, 2.75) is 38.2 Å². The lowest BCUT2D eigenvalue weighted by molar-refractivity contribution is 0.582. The summed E-state index contributed by atoms with van der Waals surface area (Å²) in [5.41, 5.74) is 0.526. The maximum Gasteiger partial charge on any atom is 0.151 e. The summed E-state index contributed by atoms with van der Waals surface area (Å²) >= 11 is 0. The zero-order valence-electron chi connectivity index (χ0n) is 9.34. The Morgan fingerprint density at radius 3 is 2.21 bits per heavy atom. The van der Waals surface area contributed by atoms with Crippen molar-refractivity contribution in [3.63, 3.8) is 0 Å². The van der Waals surface area contributed by atoms with Crippen LogP contribution in [-0.4, -0.2) is 6.71 Å². The van der Waals surface area contributed by atoms with Crippen molar-refractivity contribution < 1.29 is 0 Å². The Kier molecular flexibility index (Phi) is 3.80. The Morgan fingerprint density at radius 2 is 1.79 bits per heavy atom. The molecule has 0 amide bonds. The second kappa shape index (κ2) is 4.68.